The molecular weight excluding hydrogens is 412 g/mol. The SMILES string of the molecule is Cc1ccccc1-c1cccc[n+]1-[n+]1ccccc1-c1cc2c(ccc3ccccc32)cc1C. The van der Waals surface area contributed by atoms with E-state index in [4.69, 9.17) is 0 Å². The summed E-state index contributed by atoms with van der Waals surface area (Å²) in [5.41, 5.74) is 7.29. The lowest BCUT2D eigenvalue weighted by Gasteiger charge is -2.09. The van der Waals surface area contributed by atoms with Gasteiger partial charge in [-0.25, -0.2) is 0 Å². The molecule has 162 valence electrons. The third-order valence-electron chi connectivity index (χ3n) is 6.70. The van der Waals surface area contributed by atoms with Gasteiger partial charge in [-0.3, -0.25) is 0 Å². The number of fused-ring (bicyclic) bond motifs is 3. The molecule has 2 nitrogen and oxygen atoms in total. The standard InChI is InChI=1S/C32H26N2/c1-23-11-3-5-13-27(23)31-15-7-9-19-33(31)34-20-10-8-16-32(34)29-22-30-26(21-24(29)2)18-17-25-12-4-6-14-28(25)30/h3-22H,1-2H3/q+2. The number of nitrogens with zero attached hydrogens (tertiary/aromatic N) is 2. The van der Waals surface area contributed by atoms with E-state index < -0.39 is 0 Å². The quantitative estimate of drug-likeness (QED) is 0.211. The second-order valence-corrected chi connectivity index (χ2v) is 8.85. The molecule has 2 heterocycles. The molecule has 0 aliphatic heterocycles. The Bertz CT molecular complexity index is 1680. The zero-order chi connectivity index (χ0) is 23.1. The second kappa shape index (κ2) is 8.24. The van der Waals surface area contributed by atoms with Crippen molar-refractivity contribution in [2.75, 3.05) is 0 Å². The van der Waals surface area contributed by atoms with Crippen molar-refractivity contribution in [2.24, 2.45) is 0 Å². The highest BCUT2D eigenvalue weighted by atomic mass is 15.4. The van der Waals surface area contributed by atoms with E-state index in [0.29, 0.717) is 0 Å². The molecule has 0 amide bonds. The zero-order valence-electron chi connectivity index (χ0n) is 19.4. The van der Waals surface area contributed by atoms with Crippen molar-refractivity contribution in [3.63, 3.8) is 0 Å². The van der Waals surface area contributed by atoms with Crippen LogP contribution in [0.5, 0.6) is 0 Å². The summed E-state index contributed by atoms with van der Waals surface area (Å²) in [5.74, 6) is 0. The lowest BCUT2D eigenvalue weighted by molar-refractivity contribution is -1.29. The summed E-state index contributed by atoms with van der Waals surface area (Å²) >= 11 is 0. The number of rotatable bonds is 3. The minimum Gasteiger partial charge on any atom is -0.0620 e. The molecule has 0 saturated heterocycles. The van der Waals surface area contributed by atoms with E-state index in [-0.39, 0.29) is 0 Å². The van der Waals surface area contributed by atoms with Crippen LogP contribution in [-0.4, -0.2) is 0 Å². The van der Waals surface area contributed by atoms with Crippen LogP contribution in [0.15, 0.2) is 122 Å². The van der Waals surface area contributed by atoms with Crippen LogP contribution in [0.4, 0.5) is 0 Å². The number of aromatic nitrogens is 2. The molecular formula is C32H26N2+2. The molecule has 4 aromatic carbocycles. The van der Waals surface area contributed by atoms with Gasteiger partial charge in [0.1, 0.15) is 0 Å². The highest BCUT2D eigenvalue weighted by molar-refractivity contribution is 6.08. The summed E-state index contributed by atoms with van der Waals surface area (Å²) in [5, 5.41) is 5.11. The summed E-state index contributed by atoms with van der Waals surface area (Å²) in [6, 6.07) is 39.1. The van der Waals surface area contributed by atoms with Crippen molar-refractivity contribution in [1.82, 2.24) is 0 Å². The maximum atomic E-state index is 2.36. The first-order chi connectivity index (χ1) is 16.7. The van der Waals surface area contributed by atoms with E-state index in [1.807, 2.05) is 0 Å². The van der Waals surface area contributed by atoms with E-state index in [1.54, 1.807) is 0 Å². The van der Waals surface area contributed by atoms with E-state index in [0.717, 1.165) is 11.4 Å². The monoisotopic (exact) mass is 438 g/mol. The van der Waals surface area contributed by atoms with Gasteiger partial charge in [-0.2, -0.15) is 0 Å². The van der Waals surface area contributed by atoms with Gasteiger partial charge in [-0.15, -0.1) is 0 Å². The van der Waals surface area contributed by atoms with Crippen molar-refractivity contribution >= 4 is 21.5 Å². The third-order valence-corrected chi connectivity index (χ3v) is 6.70. The summed E-state index contributed by atoms with van der Waals surface area (Å²) in [6.07, 6.45) is 4.28. The van der Waals surface area contributed by atoms with Crippen LogP contribution in [0.25, 0.3) is 44.1 Å². The number of benzene rings is 4. The molecule has 2 aromatic heterocycles. The number of hydrogen-bond donors (Lipinski definition) is 0. The van der Waals surface area contributed by atoms with Gasteiger partial charge in [-0.1, -0.05) is 60.7 Å². The number of pyridine rings is 2. The fourth-order valence-electron chi connectivity index (χ4n) is 4.98. The van der Waals surface area contributed by atoms with Gasteiger partial charge >= 0.3 is 0 Å². The minimum absolute atomic E-state index is 1.15. The Hall–Kier alpha value is -4.30. The van der Waals surface area contributed by atoms with E-state index in [2.05, 4.69) is 145 Å². The highest BCUT2D eigenvalue weighted by Crippen LogP contribution is 2.31. The van der Waals surface area contributed by atoms with Crippen LogP contribution in [0, 0.1) is 13.8 Å². The Morgan fingerprint density at radius 1 is 0.441 bits per heavy atom. The van der Waals surface area contributed by atoms with Crippen molar-refractivity contribution in [3.05, 3.63) is 133 Å². The molecule has 0 aliphatic carbocycles. The highest BCUT2D eigenvalue weighted by Gasteiger charge is 2.27. The van der Waals surface area contributed by atoms with Gasteiger partial charge in [0.25, 0.3) is 11.4 Å². The first-order valence-corrected chi connectivity index (χ1v) is 11.7. The molecule has 0 N–H and O–H groups in total. The Labute approximate surface area is 200 Å². The maximum absolute atomic E-state index is 2.36. The molecule has 0 spiro atoms. The summed E-state index contributed by atoms with van der Waals surface area (Å²) in [6.45, 7) is 4.38. The predicted molar refractivity (Wildman–Crippen MR) is 139 cm³/mol. The molecule has 0 saturated carbocycles. The lowest BCUT2D eigenvalue weighted by Crippen LogP contribution is -2.68. The van der Waals surface area contributed by atoms with Crippen molar-refractivity contribution in [1.29, 1.82) is 0 Å². The molecule has 0 fully saturated rings. The Morgan fingerprint density at radius 2 is 1.06 bits per heavy atom. The zero-order valence-corrected chi connectivity index (χ0v) is 19.4. The second-order valence-electron chi connectivity index (χ2n) is 8.85. The molecule has 0 aliphatic rings. The topological polar surface area (TPSA) is 7.76 Å². The maximum Gasteiger partial charge on any atom is 0.284 e. The minimum atomic E-state index is 1.15. The average Bonchev–Trinajstić information content (AvgIpc) is 2.88. The molecule has 0 atom stereocenters. The normalized spacial score (nSPS) is 11.2. The smallest absolute Gasteiger partial charge is 0.0620 e. The van der Waals surface area contributed by atoms with Crippen molar-refractivity contribution < 1.29 is 9.35 Å². The number of hydrogen-bond acceptors (Lipinski definition) is 0. The molecule has 2 heteroatoms. The molecule has 0 bridgehead atoms. The Morgan fingerprint density at radius 3 is 1.82 bits per heavy atom. The fourth-order valence-corrected chi connectivity index (χ4v) is 4.98. The molecule has 6 aromatic rings. The van der Waals surface area contributed by atoms with Crippen LogP contribution >= 0.6 is 0 Å². The van der Waals surface area contributed by atoms with Crippen LogP contribution in [-0.2, 0) is 0 Å². The van der Waals surface area contributed by atoms with Crippen LogP contribution in [0.2, 0.25) is 0 Å². The first kappa shape index (κ1) is 20.3. The third kappa shape index (κ3) is 3.36. The van der Waals surface area contributed by atoms with Gasteiger partial charge in [0, 0.05) is 24.3 Å². The first-order valence-electron chi connectivity index (χ1n) is 11.7. The lowest BCUT2D eigenvalue weighted by atomic mass is 9.95. The van der Waals surface area contributed by atoms with Gasteiger partial charge in [0.2, 0.25) is 12.4 Å². The average molecular weight is 439 g/mol. The van der Waals surface area contributed by atoms with Crippen LogP contribution < -0.4 is 9.35 Å². The van der Waals surface area contributed by atoms with E-state index in [1.165, 1.54) is 43.8 Å². The molecule has 34 heavy (non-hydrogen) atoms. The van der Waals surface area contributed by atoms with Crippen molar-refractivity contribution in [2.45, 2.75) is 13.8 Å². The van der Waals surface area contributed by atoms with Gasteiger partial charge in [-0.05, 0) is 70.8 Å². The van der Waals surface area contributed by atoms with Gasteiger partial charge in [0.15, 0.2) is 0 Å². The Balaban J connectivity index is 1.62. The van der Waals surface area contributed by atoms with E-state index >= 15 is 0 Å². The fraction of sp³-hybridized carbons (Fsp3) is 0.0625. The molecule has 0 radical (unpaired) electrons. The van der Waals surface area contributed by atoms with Gasteiger partial charge in [0.05, 0.1) is 20.5 Å². The molecule has 0 unspecified atom stereocenters. The van der Waals surface area contributed by atoms with Crippen LogP contribution in [0.3, 0.4) is 0 Å². The molecule has 6 rings (SSSR count). The Kier molecular flexibility index (Phi) is 4.92. The van der Waals surface area contributed by atoms with Crippen molar-refractivity contribution in [3.8, 4) is 22.5 Å². The predicted octanol–water partition coefficient (Wildman–Crippen LogP) is 6.83. The van der Waals surface area contributed by atoms with E-state index in [9.17, 15) is 0 Å². The number of aryl methyl sites for hydroxylation is 2. The summed E-state index contributed by atoms with van der Waals surface area (Å²) < 4.78 is 4.49. The largest absolute Gasteiger partial charge is 0.284 e. The summed E-state index contributed by atoms with van der Waals surface area (Å²) in [4.78, 5) is 0. The van der Waals surface area contributed by atoms with Crippen LogP contribution in [0.1, 0.15) is 11.1 Å². The summed E-state index contributed by atoms with van der Waals surface area (Å²) in [7, 11) is 0. The van der Waals surface area contributed by atoms with Gasteiger partial charge < -0.3 is 0 Å².